The standard InChI is InChI=1S/C25H22BrN5O/c1-17-11-13-20(14-12-17)31-25(27-28-29-31)22(16-30(2)3)24(32)19-8-6-7-18(15-19)21-9-4-5-10-23(21)26/h4-16H,1-3H3. The molecule has 1 aromatic heterocycles. The molecule has 32 heavy (non-hydrogen) atoms. The Bertz CT molecular complexity index is 1290. The van der Waals surface area contributed by atoms with Gasteiger partial charge >= 0.3 is 0 Å². The number of carbonyl (C=O) groups excluding carboxylic acids is 1. The van der Waals surface area contributed by atoms with Crippen LogP contribution in [-0.4, -0.2) is 45.0 Å². The second kappa shape index (κ2) is 9.28. The monoisotopic (exact) mass is 487 g/mol. The van der Waals surface area contributed by atoms with Gasteiger partial charge in [0.05, 0.1) is 11.3 Å². The van der Waals surface area contributed by atoms with E-state index in [4.69, 9.17) is 0 Å². The minimum absolute atomic E-state index is 0.157. The Labute approximate surface area is 195 Å². The minimum atomic E-state index is -0.157. The summed E-state index contributed by atoms with van der Waals surface area (Å²) in [6.07, 6.45) is 1.75. The first-order valence-electron chi connectivity index (χ1n) is 10.1. The van der Waals surface area contributed by atoms with Crippen molar-refractivity contribution in [1.82, 2.24) is 25.1 Å². The van der Waals surface area contributed by atoms with Crippen LogP contribution in [0.25, 0.3) is 22.4 Å². The van der Waals surface area contributed by atoms with Crippen molar-refractivity contribution in [1.29, 1.82) is 0 Å². The number of hydrogen-bond acceptors (Lipinski definition) is 5. The highest BCUT2D eigenvalue weighted by Gasteiger charge is 2.22. The second-order valence-corrected chi connectivity index (χ2v) is 8.50. The zero-order valence-electron chi connectivity index (χ0n) is 18.0. The summed E-state index contributed by atoms with van der Waals surface area (Å²) in [5.41, 5.74) is 4.85. The Kier molecular flexibility index (Phi) is 6.28. The first-order chi connectivity index (χ1) is 15.4. The molecule has 6 nitrogen and oxygen atoms in total. The van der Waals surface area contributed by atoms with Crippen molar-refractivity contribution in [2.75, 3.05) is 14.1 Å². The quantitative estimate of drug-likeness (QED) is 0.276. The number of halogens is 1. The summed E-state index contributed by atoms with van der Waals surface area (Å²) in [7, 11) is 3.73. The minimum Gasteiger partial charge on any atom is -0.383 e. The van der Waals surface area contributed by atoms with Crippen LogP contribution in [0, 0.1) is 6.92 Å². The van der Waals surface area contributed by atoms with E-state index in [0.717, 1.165) is 26.9 Å². The molecule has 3 aromatic carbocycles. The van der Waals surface area contributed by atoms with Crippen molar-refractivity contribution in [3.63, 3.8) is 0 Å². The van der Waals surface area contributed by atoms with E-state index in [1.54, 1.807) is 10.9 Å². The normalized spacial score (nSPS) is 11.4. The van der Waals surface area contributed by atoms with E-state index in [2.05, 4.69) is 31.5 Å². The molecule has 0 aliphatic rings. The molecule has 0 N–H and O–H groups in total. The van der Waals surface area contributed by atoms with Crippen LogP contribution >= 0.6 is 15.9 Å². The number of nitrogens with zero attached hydrogens (tertiary/aromatic N) is 5. The Morgan fingerprint density at radius 3 is 2.47 bits per heavy atom. The molecule has 0 aliphatic heterocycles. The number of aryl methyl sites for hydroxylation is 1. The SMILES string of the molecule is Cc1ccc(-n2nnnc2C(=CN(C)C)C(=O)c2cccc(-c3ccccc3Br)c2)cc1. The summed E-state index contributed by atoms with van der Waals surface area (Å²) in [5.74, 6) is 0.231. The Morgan fingerprint density at radius 2 is 1.75 bits per heavy atom. The number of aromatic nitrogens is 4. The van der Waals surface area contributed by atoms with Crippen LogP contribution in [-0.2, 0) is 0 Å². The maximum atomic E-state index is 13.7. The molecule has 0 bridgehead atoms. The third-order valence-electron chi connectivity index (χ3n) is 4.93. The number of hydrogen-bond donors (Lipinski definition) is 0. The van der Waals surface area contributed by atoms with Gasteiger partial charge in [0.2, 0.25) is 0 Å². The average molecular weight is 488 g/mol. The molecule has 0 atom stereocenters. The summed E-state index contributed by atoms with van der Waals surface area (Å²) >= 11 is 3.60. The number of tetrazole rings is 1. The van der Waals surface area contributed by atoms with Gasteiger partial charge in [-0.25, -0.2) is 0 Å². The summed E-state index contributed by atoms with van der Waals surface area (Å²) in [6, 6.07) is 23.4. The van der Waals surface area contributed by atoms with Gasteiger partial charge in [-0.05, 0) is 52.7 Å². The Morgan fingerprint density at radius 1 is 1.00 bits per heavy atom. The third-order valence-corrected chi connectivity index (χ3v) is 5.62. The molecule has 0 fully saturated rings. The van der Waals surface area contributed by atoms with E-state index in [1.165, 1.54) is 0 Å². The van der Waals surface area contributed by atoms with Crippen molar-refractivity contribution >= 4 is 27.3 Å². The highest BCUT2D eigenvalue weighted by Crippen LogP contribution is 2.30. The van der Waals surface area contributed by atoms with Crippen molar-refractivity contribution in [2.24, 2.45) is 0 Å². The van der Waals surface area contributed by atoms with Gasteiger partial charge in [-0.1, -0.05) is 70.0 Å². The van der Waals surface area contributed by atoms with E-state index in [1.807, 2.05) is 98.7 Å². The molecular weight excluding hydrogens is 466 g/mol. The zero-order valence-corrected chi connectivity index (χ0v) is 19.6. The van der Waals surface area contributed by atoms with E-state index in [0.29, 0.717) is 17.0 Å². The van der Waals surface area contributed by atoms with E-state index < -0.39 is 0 Å². The van der Waals surface area contributed by atoms with E-state index in [9.17, 15) is 4.79 Å². The van der Waals surface area contributed by atoms with Gasteiger partial charge < -0.3 is 4.90 Å². The highest BCUT2D eigenvalue weighted by molar-refractivity contribution is 9.10. The lowest BCUT2D eigenvalue weighted by atomic mass is 9.98. The van der Waals surface area contributed by atoms with Crippen molar-refractivity contribution < 1.29 is 4.79 Å². The van der Waals surface area contributed by atoms with Gasteiger partial charge in [0.25, 0.3) is 0 Å². The molecule has 4 rings (SSSR count). The van der Waals surface area contributed by atoms with Crippen molar-refractivity contribution in [3.8, 4) is 16.8 Å². The largest absolute Gasteiger partial charge is 0.383 e. The zero-order chi connectivity index (χ0) is 22.7. The number of allylic oxidation sites excluding steroid dienone is 1. The highest BCUT2D eigenvalue weighted by atomic mass is 79.9. The first-order valence-corrected chi connectivity index (χ1v) is 10.9. The first kappa shape index (κ1) is 21.6. The molecule has 0 amide bonds. The van der Waals surface area contributed by atoms with Gasteiger partial charge in [0.1, 0.15) is 0 Å². The molecular formula is C25H22BrN5O. The van der Waals surface area contributed by atoms with Crippen LogP contribution in [0.15, 0.2) is 83.5 Å². The summed E-state index contributed by atoms with van der Waals surface area (Å²) in [6.45, 7) is 2.02. The Hall–Kier alpha value is -3.58. The summed E-state index contributed by atoms with van der Waals surface area (Å²) in [5, 5.41) is 12.2. The number of carbonyl (C=O) groups is 1. The van der Waals surface area contributed by atoms with Gasteiger partial charge in [-0.15, -0.1) is 5.10 Å². The number of Topliss-reactive ketones (excluding diaryl/α,β-unsaturated/α-hetero) is 1. The molecule has 0 saturated carbocycles. The molecule has 0 spiro atoms. The van der Waals surface area contributed by atoms with Crippen molar-refractivity contribution in [2.45, 2.75) is 6.92 Å². The molecule has 0 saturated heterocycles. The predicted octanol–water partition coefficient (Wildman–Crippen LogP) is 5.19. The molecule has 0 radical (unpaired) electrons. The fourth-order valence-electron chi connectivity index (χ4n) is 3.37. The fourth-order valence-corrected chi connectivity index (χ4v) is 3.88. The van der Waals surface area contributed by atoms with Gasteiger partial charge in [0, 0.05) is 30.3 Å². The van der Waals surface area contributed by atoms with Crippen LogP contribution in [0.1, 0.15) is 21.7 Å². The topological polar surface area (TPSA) is 63.9 Å². The van der Waals surface area contributed by atoms with Gasteiger partial charge in [0.15, 0.2) is 11.6 Å². The lowest BCUT2D eigenvalue weighted by Crippen LogP contribution is -2.13. The van der Waals surface area contributed by atoms with Crippen LogP contribution < -0.4 is 0 Å². The van der Waals surface area contributed by atoms with Gasteiger partial charge in [-0.2, -0.15) is 4.68 Å². The predicted molar refractivity (Wildman–Crippen MR) is 129 cm³/mol. The van der Waals surface area contributed by atoms with Crippen LogP contribution in [0.2, 0.25) is 0 Å². The molecule has 0 unspecified atom stereocenters. The molecule has 4 aromatic rings. The lowest BCUT2D eigenvalue weighted by Gasteiger charge is -2.13. The number of rotatable bonds is 6. The molecule has 0 aliphatic carbocycles. The van der Waals surface area contributed by atoms with Crippen LogP contribution in [0.4, 0.5) is 0 Å². The lowest BCUT2D eigenvalue weighted by molar-refractivity contribution is 0.105. The molecule has 7 heteroatoms. The fraction of sp³-hybridized carbons (Fsp3) is 0.120. The van der Waals surface area contributed by atoms with Gasteiger partial charge in [-0.3, -0.25) is 4.79 Å². The summed E-state index contributed by atoms with van der Waals surface area (Å²) in [4.78, 5) is 15.5. The Balaban J connectivity index is 1.78. The van der Waals surface area contributed by atoms with Crippen molar-refractivity contribution in [3.05, 3.63) is 100 Å². The smallest absolute Gasteiger partial charge is 0.198 e. The third kappa shape index (κ3) is 4.53. The average Bonchev–Trinajstić information content (AvgIpc) is 3.27. The van der Waals surface area contributed by atoms with E-state index in [-0.39, 0.29) is 5.78 Å². The molecule has 1 heterocycles. The maximum Gasteiger partial charge on any atom is 0.198 e. The van der Waals surface area contributed by atoms with E-state index >= 15 is 0 Å². The second-order valence-electron chi connectivity index (χ2n) is 7.65. The van der Waals surface area contributed by atoms with Crippen LogP contribution in [0.3, 0.4) is 0 Å². The number of ketones is 1. The molecule has 160 valence electrons. The van der Waals surface area contributed by atoms with Crippen LogP contribution in [0.5, 0.6) is 0 Å². The summed E-state index contributed by atoms with van der Waals surface area (Å²) < 4.78 is 2.56. The maximum absolute atomic E-state index is 13.7. The number of benzene rings is 3.